The SMILES string of the molecule is CNc1c(C(=O)NC2CC2)cnc2cc(C(F)(F)F)c(-c3ccc(C(=O)NCCCCNC(=O)[C@H](C)N(C)c4cccc5c4C(=O)N(C4CCC(=O)NC4=O)C5=O)c(F)c3)cc12. The quantitative estimate of drug-likeness (QED) is 0.0682. The number of aromatic nitrogens is 1. The lowest BCUT2D eigenvalue weighted by Gasteiger charge is -2.29. The van der Waals surface area contributed by atoms with Crippen LogP contribution in [0.3, 0.4) is 0 Å². The maximum absolute atomic E-state index is 15.5. The molecule has 2 atom stereocenters. The molecule has 1 saturated carbocycles. The Hall–Kier alpha value is -6.92. The number of nitrogens with zero attached hydrogens (tertiary/aromatic N) is 3. The fourth-order valence-corrected chi connectivity index (χ4v) is 7.59. The topological polar surface area (TPSA) is 199 Å². The molecule has 3 aromatic carbocycles. The van der Waals surface area contributed by atoms with Crippen molar-refractivity contribution >= 4 is 63.6 Å². The number of rotatable bonds is 14. The summed E-state index contributed by atoms with van der Waals surface area (Å²) in [5.41, 5.74) is -1.21. The number of imide groups is 2. The van der Waals surface area contributed by atoms with Gasteiger partial charge in [0.2, 0.25) is 17.7 Å². The number of alkyl halides is 3. The highest BCUT2D eigenvalue weighted by atomic mass is 19.4. The van der Waals surface area contributed by atoms with Crippen molar-refractivity contribution in [2.45, 2.75) is 69.8 Å². The highest BCUT2D eigenvalue weighted by Crippen LogP contribution is 2.42. The van der Waals surface area contributed by atoms with Gasteiger partial charge in [0.15, 0.2) is 0 Å². The van der Waals surface area contributed by atoms with Crippen molar-refractivity contribution in [1.82, 2.24) is 31.2 Å². The van der Waals surface area contributed by atoms with Crippen LogP contribution in [0.5, 0.6) is 0 Å². The molecule has 15 nitrogen and oxygen atoms in total. The second-order valence-corrected chi connectivity index (χ2v) is 15.3. The maximum Gasteiger partial charge on any atom is 0.417 e. The Kier molecular flexibility index (Phi) is 12.0. The molecule has 5 N–H and O–H groups in total. The number of hydrogen-bond acceptors (Lipinski definition) is 10. The van der Waals surface area contributed by atoms with Crippen LogP contribution < -0.4 is 31.5 Å². The molecule has 0 spiro atoms. The molecule has 4 aromatic rings. The van der Waals surface area contributed by atoms with E-state index in [4.69, 9.17) is 0 Å². The van der Waals surface area contributed by atoms with E-state index in [-0.39, 0.29) is 76.4 Å². The lowest BCUT2D eigenvalue weighted by molar-refractivity contribution is -0.137. The number of fused-ring (bicyclic) bond motifs is 2. The number of unbranched alkanes of at least 4 members (excludes halogenated alkanes) is 1. The Morgan fingerprint density at radius 3 is 2.31 bits per heavy atom. The van der Waals surface area contributed by atoms with Crippen molar-refractivity contribution in [3.8, 4) is 11.1 Å². The molecule has 1 aromatic heterocycles. The van der Waals surface area contributed by atoms with Crippen LogP contribution in [0.1, 0.15) is 92.4 Å². The Bertz CT molecular complexity index is 2540. The zero-order valence-electron chi connectivity index (χ0n) is 33.8. The summed E-state index contributed by atoms with van der Waals surface area (Å²) in [7, 11) is 3.11. The molecule has 2 fully saturated rings. The fourth-order valence-electron chi connectivity index (χ4n) is 7.59. The largest absolute Gasteiger partial charge is 0.417 e. The first-order chi connectivity index (χ1) is 29.5. The average Bonchev–Trinajstić information content (AvgIpc) is 4.02. The number of carbonyl (C=O) groups is 7. The van der Waals surface area contributed by atoms with E-state index in [2.05, 4.69) is 31.6 Å². The van der Waals surface area contributed by atoms with Crippen LogP contribution in [0.15, 0.2) is 54.7 Å². The van der Waals surface area contributed by atoms with Gasteiger partial charge in [0.05, 0.1) is 44.7 Å². The van der Waals surface area contributed by atoms with Gasteiger partial charge in [-0.05, 0) is 86.6 Å². The van der Waals surface area contributed by atoms with Gasteiger partial charge in [-0.3, -0.25) is 48.8 Å². The molecule has 0 radical (unpaired) electrons. The molecule has 19 heteroatoms. The Balaban J connectivity index is 0.943. The van der Waals surface area contributed by atoms with E-state index in [0.29, 0.717) is 18.5 Å². The zero-order chi connectivity index (χ0) is 44.6. The molecular weight excluding hydrogens is 817 g/mol. The van der Waals surface area contributed by atoms with E-state index in [1.165, 1.54) is 36.3 Å². The third-order valence-corrected chi connectivity index (χ3v) is 11.2. The van der Waals surface area contributed by atoms with Gasteiger partial charge >= 0.3 is 6.18 Å². The summed E-state index contributed by atoms with van der Waals surface area (Å²) in [5, 5.41) is 13.5. The second kappa shape index (κ2) is 17.2. The smallest absolute Gasteiger partial charge is 0.387 e. The number of piperidine rings is 1. The average molecular weight is 859 g/mol. The van der Waals surface area contributed by atoms with E-state index < -0.39 is 76.6 Å². The van der Waals surface area contributed by atoms with Gasteiger partial charge in [-0.2, -0.15) is 13.2 Å². The molecule has 1 unspecified atom stereocenters. The fraction of sp³-hybridized carbons (Fsp3) is 0.349. The number of anilines is 2. The maximum atomic E-state index is 15.5. The molecule has 0 bridgehead atoms. The summed E-state index contributed by atoms with van der Waals surface area (Å²) >= 11 is 0. The molecule has 2 aliphatic heterocycles. The van der Waals surface area contributed by atoms with Crippen molar-refractivity contribution in [3.05, 3.63) is 88.4 Å². The summed E-state index contributed by atoms with van der Waals surface area (Å²) in [6.45, 7) is 1.87. The molecule has 7 amide bonds. The third-order valence-electron chi connectivity index (χ3n) is 11.2. The number of pyridine rings is 1. The normalized spacial score (nSPS) is 16.8. The number of amides is 7. The molecule has 1 aliphatic carbocycles. The summed E-state index contributed by atoms with van der Waals surface area (Å²) in [5.74, 6) is -5.30. The summed E-state index contributed by atoms with van der Waals surface area (Å²) in [4.78, 5) is 96.4. The van der Waals surface area contributed by atoms with Crippen LogP contribution in [0, 0.1) is 5.82 Å². The standard InChI is InChI=1S/C43H42F4N8O7/c1-21(54(3)32-8-6-7-25-35(32)42(62)55(41(25)61)33-13-14-34(56)53-40(33)60)37(57)49-15-4-5-16-50-38(58)24-12-9-22(17-30(24)44)26-18-27-31(19-29(26)43(45,46)47)51-20-28(36(27)48-2)39(59)52-23-10-11-23/h6-9,12,17-21,23,33H,4-5,10-11,13-16H2,1-3H3,(H,48,51)(H,49,57)(H,50,58)(H,52,59)(H,53,56,60)/t21-,33?/m0/s1. The van der Waals surface area contributed by atoms with Crippen LogP contribution >= 0.6 is 0 Å². The first-order valence-corrected chi connectivity index (χ1v) is 20.0. The van der Waals surface area contributed by atoms with Gasteiger partial charge in [-0.1, -0.05) is 12.1 Å². The van der Waals surface area contributed by atoms with Crippen LogP contribution in [0.25, 0.3) is 22.0 Å². The first-order valence-electron chi connectivity index (χ1n) is 20.0. The lowest BCUT2D eigenvalue weighted by atomic mass is 9.94. The number of halogens is 4. The highest BCUT2D eigenvalue weighted by molar-refractivity contribution is 6.25. The van der Waals surface area contributed by atoms with Crippen molar-refractivity contribution < 1.29 is 51.1 Å². The van der Waals surface area contributed by atoms with Gasteiger partial charge in [0, 0.05) is 51.2 Å². The molecular formula is C43H42F4N8O7. The van der Waals surface area contributed by atoms with Gasteiger partial charge < -0.3 is 26.2 Å². The highest BCUT2D eigenvalue weighted by Gasteiger charge is 2.46. The van der Waals surface area contributed by atoms with Crippen molar-refractivity contribution in [3.63, 3.8) is 0 Å². The number of carbonyl (C=O) groups excluding carboxylic acids is 7. The van der Waals surface area contributed by atoms with E-state index >= 15 is 4.39 Å². The second-order valence-electron chi connectivity index (χ2n) is 15.3. The molecule has 7 rings (SSSR count). The number of likely N-dealkylation sites (N-methyl/N-ethyl adjacent to an activating group) is 1. The van der Waals surface area contributed by atoms with Gasteiger partial charge in [-0.15, -0.1) is 0 Å². The lowest BCUT2D eigenvalue weighted by Crippen LogP contribution is -2.54. The number of hydrogen-bond donors (Lipinski definition) is 5. The molecule has 1 saturated heterocycles. The van der Waals surface area contributed by atoms with Crippen LogP contribution in [0.4, 0.5) is 28.9 Å². The van der Waals surface area contributed by atoms with Gasteiger partial charge in [0.25, 0.3) is 23.6 Å². The molecule has 3 heterocycles. The Morgan fingerprint density at radius 2 is 1.65 bits per heavy atom. The minimum atomic E-state index is -4.85. The van der Waals surface area contributed by atoms with Crippen LogP contribution in [-0.4, -0.2) is 96.5 Å². The first kappa shape index (κ1) is 43.2. The predicted molar refractivity (Wildman–Crippen MR) is 218 cm³/mol. The minimum absolute atomic E-state index is 0.00229. The summed E-state index contributed by atoms with van der Waals surface area (Å²) in [6.07, 6.45) is -1.25. The molecule has 62 heavy (non-hydrogen) atoms. The third kappa shape index (κ3) is 8.51. The zero-order valence-corrected chi connectivity index (χ0v) is 33.8. The van der Waals surface area contributed by atoms with E-state index in [1.54, 1.807) is 26.1 Å². The number of nitrogens with one attached hydrogen (secondary N) is 5. The van der Waals surface area contributed by atoms with E-state index in [1.807, 2.05) is 0 Å². The summed E-state index contributed by atoms with van der Waals surface area (Å²) in [6, 6.07) is 7.85. The Morgan fingerprint density at radius 1 is 0.919 bits per heavy atom. The van der Waals surface area contributed by atoms with Crippen LogP contribution in [-0.2, 0) is 20.6 Å². The summed E-state index contributed by atoms with van der Waals surface area (Å²) < 4.78 is 58.5. The van der Waals surface area contributed by atoms with Crippen molar-refractivity contribution in [2.75, 3.05) is 37.4 Å². The Labute approximate surface area is 352 Å². The number of benzene rings is 3. The van der Waals surface area contributed by atoms with Gasteiger partial charge in [0.1, 0.15) is 17.9 Å². The molecule has 324 valence electrons. The van der Waals surface area contributed by atoms with Gasteiger partial charge in [-0.25, -0.2) is 4.39 Å². The molecule has 3 aliphatic rings. The minimum Gasteiger partial charge on any atom is -0.387 e. The monoisotopic (exact) mass is 858 g/mol. The van der Waals surface area contributed by atoms with E-state index in [0.717, 1.165) is 35.9 Å². The van der Waals surface area contributed by atoms with Crippen molar-refractivity contribution in [2.24, 2.45) is 0 Å². The van der Waals surface area contributed by atoms with Crippen LogP contribution in [0.2, 0.25) is 0 Å². The van der Waals surface area contributed by atoms with E-state index in [9.17, 15) is 46.7 Å². The predicted octanol–water partition coefficient (Wildman–Crippen LogP) is 4.55. The van der Waals surface area contributed by atoms with Crippen molar-refractivity contribution in [1.29, 1.82) is 0 Å².